The first-order chi connectivity index (χ1) is 4.73. The topological polar surface area (TPSA) is 20.2 Å². The lowest BCUT2D eigenvalue weighted by Gasteiger charge is -2.25. The quantitative estimate of drug-likeness (QED) is 0.638. The minimum Gasteiger partial charge on any atom is -0.390 e. The number of aliphatic hydroxyl groups is 1. The Morgan fingerprint density at radius 2 is 2.00 bits per heavy atom. The number of hydrogen-bond acceptors (Lipinski definition) is 1. The van der Waals surface area contributed by atoms with E-state index in [0.717, 1.165) is 19.3 Å². The molecule has 0 aromatic carbocycles. The van der Waals surface area contributed by atoms with E-state index in [1.165, 1.54) is 12.8 Å². The summed E-state index contributed by atoms with van der Waals surface area (Å²) in [6.45, 7) is 4.23. The van der Waals surface area contributed by atoms with Gasteiger partial charge in [-0.1, -0.05) is 20.3 Å². The molecule has 1 atom stereocenters. The molecule has 0 spiro atoms. The van der Waals surface area contributed by atoms with Crippen molar-refractivity contribution in [3.63, 3.8) is 0 Å². The third kappa shape index (κ3) is 1.51. The normalized spacial score (nSPS) is 24.3. The molecular formula is C9H18O. The maximum absolute atomic E-state index is 9.96. The minimum absolute atomic E-state index is 0.297. The molecule has 60 valence electrons. The zero-order chi connectivity index (χ0) is 7.61. The lowest BCUT2D eigenvalue weighted by atomic mass is 9.90. The van der Waals surface area contributed by atoms with E-state index in [2.05, 4.69) is 13.8 Å². The lowest BCUT2D eigenvalue weighted by Crippen LogP contribution is -2.29. The highest BCUT2D eigenvalue weighted by molar-refractivity contribution is 4.93. The van der Waals surface area contributed by atoms with Crippen LogP contribution in [-0.2, 0) is 0 Å². The first kappa shape index (κ1) is 8.06. The molecule has 1 unspecified atom stereocenters. The van der Waals surface area contributed by atoms with Gasteiger partial charge in [-0.15, -0.1) is 0 Å². The van der Waals surface area contributed by atoms with Crippen molar-refractivity contribution < 1.29 is 5.11 Å². The molecule has 1 fully saturated rings. The van der Waals surface area contributed by atoms with Gasteiger partial charge in [0.1, 0.15) is 0 Å². The SMILES string of the molecule is CCCC(O)(CC)C1CC1. The molecule has 1 aliphatic carbocycles. The van der Waals surface area contributed by atoms with E-state index in [4.69, 9.17) is 0 Å². The number of rotatable bonds is 4. The van der Waals surface area contributed by atoms with Crippen LogP contribution < -0.4 is 0 Å². The Morgan fingerprint density at radius 3 is 2.30 bits per heavy atom. The molecule has 10 heavy (non-hydrogen) atoms. The van der Waals surface area contributed by atoms with Crippen LogP contribution in [0.5, 0.6) is 0 Å². The van der Waals surface area contributed by atoms with Crippen LogP contribution in [0.25, 0.3) is 0 Å². The van der Waals surface area contributed by atoms with Crippen LogP contribution in [-0.4, -0.2) is 10.7 Å². The monoisotopic (exact) mass is 142 g/mol. The third-order valence-corrected chi connectivity index (χ3v) is 2.63. The Kier molecular flexibility index (Phi) is 2.35. The molecule has 0 heterocycles. The first-order valence-electron chi connectivity index (χ1n) is 4.45. The Hall–Kier alpha value is -0.0400. The van der Waals surface area contributed by atoms with Gasteiger partial charge in [0.2, 0.25) is 0 Å². The Bertz CT molecular complexity index is 107. The largest absolute Gasteiger partial charge is 0.390 e. The summed E-state index contributed by atoms with van der Waals surface area (Å²) in [7, 11) is 0. The van der Waals surface area contributed by atoms with Crippen LogP contribution in [0.4, 0.5) is 0 Å². The second kappa shape index (κ2) is 2.91. The highest BCUT2D eigenvalue weighted by Gasteiger charge is 2.41. The summed E-state index contributed by atoms with van der Waals surface area (Å²) in [5.74, 6) is 0.637. The van der Waals surface area contributed by atoms with E-state index in [9.17, 15) is 5.11 Å². The smallest absolute Gasteiger partial charge is 0.0673 e. The molecule has 0 amide bonds. The van der Waals surface area contributed by atoms with E-state index >= 15 is 0 Å². The fourth-order valence-electron chi connectivity index (χ4n) is 1.72. The molecular weight excluding hydrogens is 124 g/mol. The van der Waals surface area contributed by atoms with Crippen LogP contribution in [0.2, 0.25) is 0 Å². The van der Waals surface area contributed by atoms with Crippen LogP contribution in [0, 0.1) is 5.92 Å². The van der Waals surface area contributed by atoms with E-state index in [-0.39, 0.29) is 5.60 Å². The lowest BCUT2D eigenvalue weighted by molar-refractivity contribution is 0.00456. The van der Waals surface area contributed by atoms with Crippen LogP contribution >= 0.6 is 0 Å². The molecule has 0 aromatic rings. The van der Waals surface area contributed by atoms with Gasteiger partial charge >= 0.3 is 0 Å². The second-order valence-electron chi connectivity index (χ2n) is 3.48. The standard InChI is InChI=1S/C9H18O/c1-3-7-9(10,4-2)8-5-6-8/h8,10H,3-7H2,1-2H3. The summed E-state index contributed by atoms with van der Waals surface area (Å²) >= 11 is 0. The van der Waals surface area contributed by atoms with E-state index in [1.807, 2.05) is 0 Å². The average Bonchev–Trinajstić information content (AvgIpc) is 2.69. The van der Waals surface area contributed by atoms with Gasteiger partial charge in [-0.05, 0) is 31.6 Å². The van der Waals surface area contributed by atoms with Crippen molar-refractivity contribution in [1.82, 2.24) is 0 Å². The predicted molar refractivity (Wildman–Crippen MR) is 42.9 cm³/mol. The van der Waals surface area contributed by atoms with Crippen molar-refractivity contribution in [1.29, 1.82) is 0 Å². The fourth-order valence-corrected chi connectivity index (χ4v) is 1.72. The van der Waals surface area contributed by atoms with Gasteiger partial charge in [-0.3, -0.25) is 0 Å². The molecule has 1 nitrogen and oxygen atoms in total. The van der Waals surface area contributed by atoms with Gasteiger partial charge in [-0.25, -0.2) is 0 Å². The molecule has 1 heteroatoms. The van der Waals surface area contributed by atoms with Gasteiger partial charge in [-0.2, -0.15) is 0 Å². The van der Waals surface area contributed by atoms with Crippen LogP contribution in [0.3, 0.4) is 0 Å². The molecule has 1 rings (SSSR count). The molecule has 0 aliphatic heterocycles. The van der Waals surface area contributed by atoms with Crippen molar-refractivity contribution in [3.05, 3.63) is 0 Å². The molecule has 1 saturated carbocycles. The highest BCUT2D eigenvalue weighted by atomic mass is 16.3. The van der Waals surface area contributed by atoms with Gasteiger partial charge < -0.3 is 5.11 Å². The van der Waals surface area contributed by atoms with Crippen LogP contribution in [0.1, 0.15) is 46.0 Å². The molecule has 0 saturated heterocycles. The van der Waals surface area contributed by atoms with Crippen molar-refractivity contribution in [2.24, 2.45) is 5.92 Å². The Balaban J connectivity index is 2.39. The maximum atomic E-state index is 9.96. The summed E-state index contributed by atoms with van der Waals surface area (Å²) in [6, 6.07) is 0. The molecule has 0 radical (unpaired) electrons. The molecule has 1 aliphatic rings. The second-order valence-corrected chi connectivity index (χ2v) is 3.48. The summed E-state index contributed by atoms with van der Waals surface area (Å²) < 4.78 is 0. The average molecular weight is 142 g/mol. The number of hydrogen-bond donors (Lipinski definition) is 1. The van der Waals surface area contributed by atoms with Crippen molar-refractivity contribution >= 4 is 0 Å². The summed E-state index contributed by atoms with van der Waals surface area (Å²) in [5, 5.41) is 9.96. The van der Waals surface area contributed by atoms with Crippen molar-refractivity contribution in [2.45, 2.75) is 51.6 Å². The van der Waals surface area contributed by atoms with Gasteiger partial charge in [0.25, 0.3) is 0 Å². The molecule has 0 aromatic heterocycles. The Morgan fingerprint density at radius 1 is 1.40 bits per heavy atom. The van der Waals surface area contributed by atoms with E-state index in [0.29, 0.717) is 5.92 Å². The van der Waals surface area contributed by atoms with Crippen molar-refractivity contribution in [2.75, 3.05) is 0 Å². The van der Waals surface area contributed by atoms with E-state index < -0.39 is 0 Å². The maximum Gasteiger partial charge on any atom is 0.0673 e. The highest BCUT2D eigenvalue weighted by Crippen LogP contribution is 2.43. The molecule has 1 N–H and O–H groups in total. The van der Waals surface area contributed by atoms with E-state index in [1.54, 1.807) is 0 Å². The summed E-state index contributed by atoms with van der Waals surface area (Å²) in [5.41, 5.74) is -0.297. The zero-order valence-electron chi connectivity index (χ0n) is 7.06. The predicted octanol–water partition coefficient (Wildman–Crippen LogP) is 2.34. The minimum atomic E-state index is -0.297. The summed E-state index contributed by atoms with van der Waals surface area (Å²) in [4.78, 5) is 0. The zero-order valence-corrected chi connectivity index (χ0v) is 7.06. The Labute approximate surface area is 63.4 Å². The summed E-state index contributed by atoms with van der Waals surface area (Å²) in [6.07, 6.45) is 5.55. The van der Waals surface area contributed by atoms with Crippen molar-refractivity contribution in [3.8, 4) is 0 Å². The fraction of sp³-hybridized carbons (Fsp3) is 1.00. The molecule has 0 bridgehead atoms. The van der Waals surface area contributed by atoms with Gasteiger partial charge in [0, 0.05) is 0 Å². The third-order valence-electron chi connectivity index (χ3n) is 2.63. The first-order valence-corrected chi connectivity index (χ1v) is 4.45. The van der Waals surface area contributed by atoms with Gasteiger partial charge in [0.05, 0.1) is 5.60 Å². The van der Waals surface area contributed by atoms with Crippen LogP contribution in [0.15, 0.2) is 0 Å². The van der Waals surface area contributed by atoms with Gasteiger partial charge in [0.15, 0.2) is 0 Å².